The quantitative estimate of drug-likeness (QED) is 0.666. The number of hydrogen-bond acceptors (Lipinski definition) is 5. The fourth-order valence-corrected chi connectivity index (χ4v) is 3.85. The fraction of sp³-hybridized carbons (Fsp3) is 0.208. The van der Waals surface area contributed by atoms with Gasteiger partial charge in [-0.1, -0.05) is 18.2 Å². The highest BCUT2D eigenvalue weighted by Crippen LogP contribution is 2.33. The minimum atomic E-state index is -0.146. The molecule has 4 heterocycles. The predicted octanol–water partition coefficient (Wildman–Crippen LogP) is 3.22. The molecule has 7 heteroatoms. The van der Waals surface area contributed by atoms with Crippen molar-refractivity contribution in [3.05, 3.63) is 71.7 Å². The molecule has 0 unspecified atom stereocenters. The molecule has 7 nitrogen and oxygen atoms in total. The number of carbonyl (C=O) groups excluding carboxylic acids is 2. The summed E-state index contributed by atoms with van der Waals surface area (Å²) in [6, 6.07) is 14.8. The Bertz CT molecular complexity index is 1170. The lowest BCUT2D eigenvalue weighted by Crippen LogP contribution is -2.47. The minimum Gasteiger partial charge on any atom is -0.457 e. The largest absolute Gasteiger partial charge is 0.457 e. The summed E-state index contributed by atoms with van der Waals surface area (Å²) in [6.07, 6.45) is 3.39. The summed E-state index contributed by atoms with van der Waals surface area (Å²) in [5.41, 5.74) is 3.44. The van der Waals surface area contributed by atoms with Crippen LogP contribution in [0.4, 0.5) is 5.69 Å². The van der Waals surface area contributed by atoms with E-state index in [1.807, 2.05) is 47.4 Å². The summed E-state index contributed by atoms with van der Waals surface area (Å²) in [6.45, 7) is 3.17. The van der Waals surface area contributed by atoms with Crippen LogP contribution in [-0.2, 0) is 4.79 Å². The van der Waals surface area contributed by atoms with Gasteiger partial charge in [0.05, 0.1) is 5.57 Å². The molecular weight excluding hydrogens is 392 g/mol. The first kappa shape index (κ1) is 19.3. The average Bonchev–Trinajstić information content (AvgIpc) is 3.39. The van der Waals surface area contributed by atoms with E-state index in [1.54, 1.807) is 18.3 Å². The number of hydrogen-bond donors (Lipinski definition) is 1. The summed E-state index contributed by atoms with van der Waals surface area (Å²) in [5.74, 6) is 1.02. The molecule has 0 aliphatic carbocycles. The molecular formula is C24H22N4O3. The van der Waals surface area contributed by atoms with E-state index in [0.29, 0.717) is 35.9 Å². The number of para-hydroxylation sites is 1. The lowest BCUT2D eigenvalue weighted by atomic mass is 10.1. The van der Waals surface area contributed by atoms with Gasteiger partial charge in [0.2, 0.25) is 0 Å². The number of likely N-dealkylation sites (N-methyl/N-ethyl adjacent to an activating group) is 1. The normalized spacial score (nSPS) is 17.6. The van der Waals surface area contributed by atoms with Gasteiger partial charge in [0.15, 0.2) is 0 Å². The molecule has 5 rings (SSSR count). The third-order valence-electron chi connectivity index (χ3n) is 5.68. The molecule has 0 bridgehead atoms. The van der Waals surface area contributed by atoms with Crippen LogP contribution in [0, 0.1) is 0 Å². The molecule has 31 heavy (non-hydrogen) atoms. The van der Waals surface area contributed by atoms with Crippen LogP contribution in [0.15, 0.2) is 59.1 Å². The number of pyridine rings is 1. The number of rotatable bonds is 3. The highest BCUT2D eigenvalue weighted by molar-refractivity contribution is 6.34. The van der Waals surface area contributed by atoms with Gasteiger partial charge in [-0.15, -0.1) is 0 Å². The Hall–Kier alpha value is -3.71. The number of aromatic nitrogens is 1. The van der Waals surface area contributed by atoms with Crippen LogP contribution in [0.2, 0.25) is 0 Å². The van der Waals surface area contributed by atoms with Crippen LogP contribution >= 0.6 is 0 Å². The van der Waals surface area contributed by atoms with Gasteiger partial charge < -0.3 is 19.5 Å². The lowest BCUT2D eigenvalue weighted by molar-refractivity contribution is -0.110. The van der Waals surface area contributed by atoms with Crippen molar-refractivity contribution in [2.45, 2.75) is 0 Å². The van der Waals surface area contributed by atoms with Crippen LogP contribution in [0.5, 0.6) is 0 Å². The second kappa shape index (κ2) is 7.85. The van der Waals surface area contributed by atoms with E-state index in [1.165, 1.54) is 0 Å². The third-order valence-corrected chi connectivity index (χ3v) is 5.68. The second-order valence-corrected chi connectivity index (χ2v) is 7.79. The predicted molar refractivity (Wildman–Crippen MR) is 118 cm³/mol. The van der Waals surface area contributed by atoms with Crippen molar-refractivity contribution >= 4 is 29.2 Å². The Morgan fingerprint density at radius 2 is 1.87 bits per heavy atom. The Kier molecular flexibility index (Phi) is 4.88. The molecule has 3 aromatic rings. The lowest BCUT2D eigenvalue weighted by Gasteiger charge is -2.32. The maximum Gasteiger partial charge on any atom is 0.272 e. The molecule has 0 spiro atoms. The van der Waals surface area contributed by atoms with Crippen LogP contribution in [-0.4, -0.2) is 59.8 Å². The van der Waals surface area contributed by atoms with E-state index in [0.717, 1.165) is 29.9 Å². The SMILES string of the molecule is CN1CCN(C(=O)c2ccc(-c3ccc(C=C4C(=O)Nc5ccccc54)o3)cn2)CC1. The Balaban J connectivity index is 1.33. The monoisotopic (exact) mass is 414 g/mol. The van der Waals surface area contributed by atoms with E-state index < -0.39 is 0 Å². The van der Waals surface area contributed by atoms with E-state index in [-0.39, 0.29) is 11.8 Å². The number of piperazine rings is 1. The first-order valence-electron chi connectivity index (χ1n) is 10.2. The third kappa shape index (κ3) is 3.75. The fourth-order valence-electron chi connectivity index (χ4n) is 3.85. The Morgan fingerprint density at radius 1 is 1.06 bits per heavy atom. The van der Waals surface area contributed by atoms with Crippen LogP contribution in [0.25, 0.3) is 23.0 Å². The smallest absolute Gasteiger partial charge is 0.272 e. The van der Waals surface area contributed by atoms with E-state index >= 15 is 0 Å². The summed E-state index contributed by atoms with van der Waals surface area (Å²) in [5, 5.41) is 2.85. The van der Waals surface area contributed by atoms with Gasteiger partial charge in [0.25, 0.3) is 11.8 Å². The van der Waals surface area contributed by atoms with Crippen molar-refractivity contribution in [3.63, 3.8) is 0 Å². The molecule has 1 N–H and O–H groups in total. The van der Waals surface area contributed by atoms with Gasteiger partial charge in [-0.25, -0.2) is 0 Å². The zero-order valence-electron chi connectivity index (χ0n) is 17.2. The summed E-state index contributed by atoms with van der Waals surface area (Å²) in [7, 11) is 2.06. The standard InChI is InChI=1S/C24H22N4O3/c1-27-10-12-28(13-11-27)24(30)21-8-6-16(15-25-21)22-9-7-17(31-22)14-19-18-4-2-3-5-20(18)26-23(19)29/h2-9,14-15H,10-13H2,1H3,(H,26,29). The Morgan fingerprint density at radius 3 is 2.65 bits per heavy atom. The van der Waals surface area contributed by atoms with Crippen molar-refractivity contribution in [2.24, 2.45) is 0 Å². The van der Waals surface area contributed by atoms with Gasteiger partial charge in [-0.2, -0.15) is 0 Å². The summed E-state index contributed by atoms with van der Waals surface area (Å²) in [4.78, 5) is 33.4. The molecule has 0 radical (unpaired) electrons. The van der Waals surface area contributed by atoms with E-state index in [2.05, 4.69) is 22.2 Å². The molecule has 156 valence electrons. The van der Waals surface area contributed by atoms with Crippen molar-refractivity contribution in [1.29, 1.82) is 0 Å². The minimum absolute atomic E-state index is 0.0459. The van der Waals surface area contributed by atoms with Gasteiger partial charge in [0.1, 0.15) is 17.2 Å². The zero-order chi connectivity index (χ0) is 21.4. The van der Waals surface area contributed by atoms with Crippen molar-refractivity contribution in [3.8, 4) is 11.3 Å². The molecule has 2 aliphatic heterocycles. The molecule has 0 atom stereocenters. The van der Waals surface area contributed by atoms with Crippen molar-refractivity contribution in [1.82, 2.24) is 14.8 Å². The Labute approximate surface area is 180 Å². The van der Waals surface area contributed by atoms with Crippen molar-refractivity contribution in [2.75, 3.05) is 38.5 Å². The van der Waals surface area contributed by atoms with Gasteiger partial charge in [0, 0.05) is 49.2 Å². The molecule has 2 aromatic heterocycles. The number of fused-ring (bicyclic) bond motifs is 1. The molecule has 0 saturated carbocycles. The van der Waals surface area contributed by atoms with Gasteiger partial charge >= 0.3 is 0 Å². The highest BCUT2D eigenvalue weighted by Gasteiger charge is 2.24. The molecule has 2 amide bonds. The van der Waals surface area contributed by atoms with Crippen molar-refractivity contribution < 1.29 is 14.0 Å². The average molecular weight is 414 g/mol. The number of carbonyl (C=O) groups is 2. The number of nitrogens with zero attached hydrogens (tertiary/aromatic N) is 3. The summed E-state index contributed by atoms with van der Waals surface area (Å²) >= 11 is 0. The first-order chi connectivity index (χ1) is 15.1. The molecule has 1 fully saturated rings. The maximum atomic E-state index is 12.7. The topological polar surface area (TPSA) is 78.7 Å². The van der Waals surface area contributed by atoms with Gasteiger partial charge in [-0.3, -0.25) is 14.6 Å². The maximum absolute atomic E-state index is 12.7. The second-order valence-electron chi connectivity index (χ2n) is 7.79. The number of amides is 2. The number of nitrogens with one attached hydrogen (secondary N) is 1. The van der Waals surface area contributed by atoms with E-state index in [9.17, 15) is 9.59 Å². The van der Waals surface area contributed by atoms with E-state index in [4.69, 9.17) is 4.42 Å². The highest BCUT2D eigenvalue weighted by atomic mass is 16.3. The number of benzene rings is 1. The molecule has 1 saturated heterocycles. The molecule has 2 aliphatic rings. The number of anilines is 1. The van der Waals surface area contributed by atoms with Crippen LogP contribution in [0.3, 0.4) is 0 Å². The van der Waals surface area contributed by atoms with Crippen LogP contribution < -0.4 is 5.32 Å². The first-order valence-corrected chi connectivity index (χ1v) is 10.2. The van der Waals surface area contributed by atoms with Crippen LogP contribution in [0.1, 0.15) is 21.8 Å². The molecule has 1 aromatic carbocycles. The number of furan rings is 1. The summed E-state index contributed by atoms with van der Waals surface area (Å²) < 4.78 is 5.93. The zero-order valence-corrected chi connectivity index (χ0v) is 17.2. The van der Waals surface area contributed by atoms with Gasteiger partial charge in [-0.05, 0) is 43.5 Å².